The molecule has 2 saturated heterocycles. The summed E-state index contributed by atoms with van der Waals surface area (Å²) in [6, 6.07) is 8.18. The maximum absolute atomic E-state index is 14.1. The van der Waals surface area contributed by atoms with Crippen molar-refractivity contribution in [3.63, 3.8) is 0 Å². The zero-order chi connectivity index (χ0) is 37.5. The minimum absolute atomic E-state index is 0.0240. The number of carbonyl (C=O) groups is 2. The number of anilines is 2. The molecule has 288 valence electrons. The van der Waals surface area contributed by atoms with Gasteiger partial charge in [-0.1, -0.05) is 31.7 Å². The van der Waals surface area contributed by atoms with Gasteiger partial charge in [0.15, 0.2) is 5.82 Å². The Morgan fingerprint density at radius 2 is 1.74 bits per heavy atom. The third kappa shape index (κ3) is 9.72. The molecule has 3 aliphatic heterocycles. The minimum atomic E-state index is -0.449. The molecule has 0 saturated carbocycles. The summed E-state index contributed by atoms with van der Waals surface area (Å²) < 4.78 is 7.48. The van der Waals surface area contributed by atoms with Crippen LogP contribution in [0.1, 0.15) is 108 Å². The average Bonchev–Trinajstić information content (AvgIpc) is 3.88. The first-order valence-corrected chi connectivity index (χ1v) is 19.9. The molecule has 3 aromatic heterocycles. The Hall–Kier alpha value is -4.10. The van der Waals surface area contributed by atoms with E-state index in [9.17, 15) is 9.59 Å². The van der Waals surface area contributed by atoms with Gasteiger partial charge in [-0.3, -0.25) is 14.6 Å². The van der Waals surface area contributed by atoms with Gasteiger partial charge in [0.1, 0.15) is 29.3 Å². The second-order valence-corrected chi connectivity index (χ2v) is 16.0. The fourth-order valence-corrected chi connectivity index (χ4v) is 7.71. The van der Waals surface area contributed by atoms with E-state index >= 15 is 0 Å². The Morgan fingerprint density at radius 1 is 0.981 bits per heavy atom. The number of amides is 2. The van der Waals surface area contributed by atoms with E-state index in [2.05, 4.69) is 38.9 Å². The summed E-state index contributed by atoms with van der Waals surface area (Å²) in [5, 5.41) is 8.35. The Bertz CT molecular complexity index is 1700. The summed E-state index contributed by atoms with van der Waals surface area (Å²) in [5.41, 5.74) is 2.99. The lowest BCUT2D eigenvalue weighted by Crippen LogP contribution is -2.50. The zero-order valence-corrected chi connectivity index (χ0v) is 32.9. The maximum Gasteiger partial charge on any atom is 0.410 e. The first kappa shape index (κ1) is 38.6. The number of piperazine rings is 1. The fraction of sp³-hybridized carbons (Fsp3) is 0.650. The van der Waals surface area contributed by atoms with Crippen molar-refractivity contribution in [3.05, 3.63) is 47.4 Å². The van der Waals surface area contributed by atoms with Crippen LogP contribution in [0.25, 0.3) is 11.5 Å². The van der Waals surface area contributed by atoms with Crippen molar-refractivity contribution in [1.29, 1.82) is 0 Å². The molecule has 0 bridgehead atoms. The van der Waals surface area contributed by atoms with Gasteiger partial charge in [0, 0.05) is 57.4 Å². The van der Waals surface area contributed by atoms with E-state index in [4.69, 9.17) is 14.7 Å². The Kier molecular flexibility index (Phi) is 12.7. The molecule has 0 unspecified atom stereocenters. The molecule has 13 heteroatoms. The van der Waals surface area contributed by atoms with Gasteiger partial charge in [0.05, 0.1) is 17.8 Å². The molecule has 2 fully saturated rings. The van der Waals surface area contributed by atoms with Crippen LogP contribution in [-0.4, -0.2) is 116 Å². The fourth-order valence-electron chi connectivity index (χ4n) is 7.71. The van der Waals surface area contributed by atoms with E-state index in [0.717, 1.165) is 94.3 Å². The lowest BCUT2D eigenvalue weighted by atomic mass is 10.1. The van der Waals surface area contributed by atoms with E-state index in [-0.39, 0.29) is 12.0 Å². The van der Waals surface area contributed by atoms with Crippen molar-refractivity contribution in [1.82, 2.24) is 39.4 Å². The number of pyridine rings is 2. The van der Waals surface area contributed by atoms with Crippen molar-refractivity contribution >= 4 is 23.6 Å². The van der Waals surface area contributed by atoms with Gasteiger partial charge in [-0.05, 0) is 98.6 Å². The van der Waals surface area contributed by atoms with Gasteiger partial charge in [0.25, 0.3) is 5.91 Å². The topological polar surface area (TPSA) is 116 Å². The lowest BCUT2D eigenvalue weighted by Gasteiger charge is -2.35. The van der Waals surface area contributed by atoms with Crippen LogP contribution >= 0.6 is 0 Å². The number of carbonyl (C=O) groups excluding carboxylic acids is 2. The molecule has 0 aliphatic carbocycles. The van der Waals surface area contributed by atoms with Crippen LogP contribution in [0.5, 0.6) is 0 Å². The third-order valence-electron chi connectivity index (χ3n) is 10.7. The Morgan fingerprint density at radius 3 is 2.45 bits per heavy atom. The first-order chi connectivity index (χ1) is 25.5. The summed E-state index contributed by atoms with van der Waals surface area (Å²) in [5.74, 6) is 2.20. The summed E-state index contributed by atoms with van der Waals surface area (Å²) >= 11 is 0. The number of aromatic nitrogens is 5. The smallest absolute Gasteiger partial charge is 0.410 e. The number of aryl methyl sites for hydroxylation is 1. The molecule has 3 aliphatic rings. The first-order valence-electron chi connectivity index (χ1n) is 19.9. The van der Waals surface area contributed by atoms with Crippen molar-refractivity contribution in [2.45, 2.75) is 117 Å². The van der Waals surface area contributed by atoms with Crippen LogP contribution in [0.2, 0.25) is 0 Å². The van der Waals surface area contributed by atoms with Gasteiger partial charge < -0.3 is 24.0 Å². The molecule has 53 heavy (non-hydrogen) atoms. The quantitative estimate of drug-likeness (QED) is 0.167. The summed E-state index contributed by atoms with van der Waals surface area (Å²) in [6.07, 6.45) is 11.1. The number of rotatable bonds is 15. The predicted octanol–water partition coefficient (Wildman–Crippen LogP) is 6.23. The van der Waals surface area contributed by atoms with E-state index < -0.39 is 5.60 Å². The Labute approximate surface area is 315 Å². The van der Waals surface area contributed by atoms with Crippen LogP contribution in [0.15, 0.2) is 30.6 Å². The van der Waals surface area contributed by atoms with Gasteiger partial charge in [0.2, 0.25) is 0 Å². The van der Waals surface area contributed by atoms with Crippen LogP contribution in [0, 0.1) is 0 Å². The van der Waals surface area contributed by atoms with Gasteiger partial charge >= 0.3 is 6.09 Å². The lowest BCUT2D eigenvalue weighted by molar-refractivity contribution is 0.0144. The number of nitrogens with zero attached hydrogens (tertiary/aromatic N) is 10. The van der Waals surface area contributed by atoms with Crippen molar-refractivity contribution in [3.8, 4) is 11.5 Å². The molecule has 0 N–H and O–H groups in total. The molecule has 1 atom stereocenters. The molecule has 0 spiro atoms. The monoisotopic (exact) mass is 728 g/mol. The summed E-state index contributed by atoms with van der Waals surface area (Å²) in [7, 11) is 2.17. The van der Waals surface area contributed by atoms with Crippen molar-refractivity contribution < 1.29 is 14.3 Å². The zero-order valence-electron chi connectivity index (χ0n) is 32.9. The van der Waals surface area contributed by atoms with Crippen molar-refractivity contribution in [2.75, 3.05) is 62.7 Å². The van der Waals surface area contributed by atoms with Gasteiger partial charge in [-0.2, -0.15) is 0 Å². The van der Waals surface area contributed by atoms with E-state index in [1.54, 1.807) is 11.2 Å². The van der Waals surface area contributed by atoms with Gasteiger partial charge in [-0.25, -0.2) is 14.8 Å². The number of unbranched alkanes of at least 4 members (excludes halogenated alkanes) is 5. The molecule has 3 aromatic rings. The molecular formula is C40H60N10O3. The highest BCUT2D eigenvalue weighted by atomic mass is 16.6. The molecule has 6 heterocycles. The summed E-state index contributed by atoms with van der Waals surface area (Å²) in [4.78, 5) is 47.3. The minimum Gasteiger partial charge on any atom is -0.444 e. The third-order valence-corrected chi connectivity index (χ3v) is 10.7. The van der Waals surface area contributed by atoms with Crippen LogP contribution in [0.3, 0.4) is 0 Å². The number of fused-ring (bicyclic) bond motifs is 1. The van der Waals surface area contributed by atoms with Crippen molar-refractivity contribution in [2.24, 2.45) is 0 Å². The predicted molar refractivity (Wildman–Crippen MR) is 208 cm³/mol. The number of hydrogen-bond acceptors (Lipinski definition) is 10. The normalized spacial score (nSPS) is 18.1. The second kappa shape index (κ2) is 17.4. The molecule has 0 radical (unpaired) electrons. The highest BCUT2D eigenvalue weighted by Crippen LogP contribution is 2.34. The SMILES string of the molecule is CCn1cnnc1-c1cccc(N2Cc3c(cc(N4CCC[C@H]4C)nc3CN(C)CCCCCCCCN3CCN(C(=O)OC(C)(C)C)CC3)C2=O)n1. The highest BCUT2D eigenvalue weighted by Gasteiger charge is 2.35. The molecule has 6 rings (SSSR count). The average molecular weight is 729 g/mol. The molecule has 0 aromatic carbocycles. The molecule has 13 nitrogen and oxygen atoms in total. The van der Waals surface area contributed by atoms with E-state index in [0.29, 0.717) is 36.5 Å². The standard InChI is InChI=1S/C40H60N10O3/c1-7-47-29-41-44-37(47)33-17-14-18-35(42-33)50-27-32-31(38(50)51)26-36(49-21-15-16-30(49)2)43-34(32)28-45(6)19-12-10-8-9-11-13-20-46-22-24-48(25-23-46)39(52)53-40(3,4)5/h14,17-18,26,29-30H,7-13,15-16,19-25,27-28H2,1-6H3/t30-/m1/s1. The molecule has 2 amide bonds. The van der Waals surface area contributed by atoms with Crippen LogP contribution in [-0.2, 0) is 24.4 Å². The second-order valence-electron chi connectivity index (χ2n) is 16.0. The van der Waals surface area contributed by atoms with Crippen LogP contribution in [0.4, 0.5) is 16.4 Å². The van der Waals surface area contributed by atoms with Gasteiger partial charge in [-0.15, -0.1) is 10.2 Å². The highest BCUT2D eigenvalue weighted by molar-refractivity contribution is 6.10. The van der Waals surface area contributed by atoms with Crippen LogP contribution < -0.4 is 9.80 Å². The maximum atomic E-state index is 14.1. The van der Waals surface area contributed by atoms with E-state index in [1.165, 1.54) is 32.1 Å². The largest absolute Gasteiger partial charge is 0.444 e. The molecular weight excluding hydrogens is 669 g/mol. The number of hydrogen-bond donors (Lipinski definition) is 0. The van der Waals surface area contributed by atoms with E-state index in [1.807, 2.05) is 61.4 Å². The number of ether oxygens (including phenoxy) is 1. The summed E-state index contributed by atoms with van der Waals surface area (Å²) in [6.45, 7) is 18.3. The Balaban J connectivity index is 0.987.